The molecule has 2 rings (SSSR count). The van der Waals surface area contributed by atoms with Crippen LogP contribution in [0.15, 0.2) is 18.3 Å². The molecule has 1 aliphatic carbocycles. The van der Waals surface area contributed by atoms with Crippen LogP contribution in [0.3, 0.4) is 0 Å². The molecule has 1 saturated carbocycles. The van der Waals surface area contributed by atoms with Crippen LogP contribution in [-0.4, -0.2) is 16.1 Å². The number of nitrogens with zero attached hydrogens (tertiary/aromatic N) is 1. The summed E-state index contributed by atoms with van der Waals surface area (Å²) in [6.45, 7) is 0.810. The molecule has 1 aromatic heterocycles. The van der Waals surface area contributed by atoms with E-state index in [4.69, 9.17) is 5.11 Å². The van der Waals surface area contributed by atoms with Crippen molar-refractivity contribution in [1.29, 1.82) is 0 Å². The predicted octanol–water partition coefficient (Wildman–Crippen LogP) is 2.21. The summed E-state index contributed by atoms with van der Waals surface area (Å²) in [5, 5.41) is 12.6. The lowest BCUT2D eigenvalue weighted by molar-refractivity contribution is 0.370. The second-order valence-electron chi connectivity index (χ2n) is 4.22. The van der Waals surface area contributed by atoms with E-state index < -0.39 is 0 Å². The van der Waals surface area contributed by atoms with Gasteiger partial charge in [-0.1, -0.05) is 19.3 Å². The summed E-state index contributed by atoms with van der Waals surface area (Å²) in [5.41, 5.74) is 0.998. The monoisotopic (exact) mass is 206 g/mol. The van der Waals surface area contributed by atoms with Gasteiger partial charge in [-0.05, 0) is 25.0 Å². The van der Waals surface area contributed by atoms with Gasteiger partial charge in [0, 0.05) is 12.6 Å². The molecule has 0 saturated heterocycles. The first-order valence-corrected chi connectivity index (χ1v) is 5.72. The zero-order valence-electron chi connectivity index (χ0n) is 8.95. The molecule has 0 aliphatic heterocycles. The van der Waals surface area contributed by atoms with Crippen molar-refractivity contribution >= 4 is 0 Å². The van der Waals surface area contributed by atoms with Crippen LogP contribution in [0.4, 0.5) is 0 Å². The molecule has 0 spiro atoms. The molecule has 0 bridgehead atoms. The van der Waals surface area contributed by atoms with E-state index in [1.165, 1.54) is 38.3 Å². The first-order chi connectivity index (χ1) is 7.34. The summed E-state index contributed by atoms with van der Waals surface area (Å²) in [7, 11) is 0. The lowest BCUT2D eigenvalue weighted by atomic mass is 9.95. The number of rotatable bonds is 3. The molecule has 1 fully saturated rings. The molecule has 0 unspecified atom stereocenters. The van der Waals surface area contributed by atoms with E-state index in [1.54, 1.807) is 6.07 Å². The molecule has 3 nitrogen and oxygen atoms in total. The molecule has 1 aromatic rings. The summed E-state index contributed by atoms with van der Waals surface area (Å²) in [4.78, 5) is 4.15. The zero-order valence-corrected chi connectivity index (χ0v) is 8.95. The minimum Gasteiger partial charge on any atom is -0.506 e. The fourth-order valence-corrected chi connectivity index (χ4v) is 2.08. The first kappa shape index (κ1) is 10.4. The Morgan fingerprint density at radius 2 is 2.07 bits per heavy atom. The highest BCUT2D eigenvalue weighted by molar-refractivity contribution is 5.17. The van der Waals surface area contributed by atoms with Crippen molar-refractivity contribution in [2.45, 2.75) is 44.7 Å². The maximum atomic E-state index is 9.09. The summed E-state index contributed by atoms with van der Waals surface area (Å²) in [6, 6.07) is 4.21. The Hall–Kier alpha value is -1.09. The summed E-state index contributed by atoms with van der Waals surface area (Å²) in [6.07, 6.45) is 8.16. The molecule has 0 aromatic carbocycles. The Labute approximate surface area is 90.5 Å². The molecule has 15 heavy (non-hydrogen) atoms. The predicted molar refractivity (Wildman–Crippen MR) is 59.6 cm³/mol. The topological polar surface area (TPSA) is 45.1 Å². The molecule has 1 aliphatic rings. The highest BCUT2D eigenvalue weighted by Crippen LogP contribution is 2.17. The molecular formula is C12H18N2O. The van der Waals surface area contributed by atoms with Crippen LogP contribution in [0, 0.1) is 0 Å². The van der Waals surface area contributed by atoms with Gasteiger partial charge >= 0.3 is 0 Å². The van der Waals surface area contributed by atoms with Crippen molar-refractivity contribution in [1.82, 2.24) is 10.3 Å². The summed E-state index contributed by atoms with van der Waals surface area (Å²) < 4.78 is 0. The summed E-state index contributed by atoms with van der Waals surface area (Å²) >= 11 is 0. The van der Waals surface area contributed by atoms with Crippen molar-refractivity contribution in [2.75, 3.05) is 0 Å². The van der Waals surface area contributed by atoms with E-state index in [0.29, 0.717) is 6.04 Å². The third-order valence-corrected chi connectivity index (χ3v) is 2.99. The van der Waals surface area contributed by atoms with E-state index in [2.05, 4.69) is 10.3 Å². The fraction of sp³-hybridized carbons (Fsp3) is 0.583. The number of nitrogens with one attached hydrogen (secondary N) is 1. The number of pyridine rings is 1. The summed E-state index contributed by atoms with van der Waals surface area (Å²) in [5.74, 6) is 0.233. The average Bonchev–Trinajstić information content (AvgIpc) is 2.30. The van der Waals surface area contributed by atoms with Crippen LogP contribution in [0.25, 0.3) is 0 Å². The number of hydrogen-bond acceptors (Lipinski definition) is 3. The molecule has 2 N–H and O–H groups in total. The quantitative estimate of drug-likeness (QED) is 0.797. The minimum absolute atomic E-state index is 0.233. The second-order valence-corrected chi connectivity index (χ2v) is 4.22. The molecule has 0 radical (unpaired) electrons. The fourth-order valence-electron chi connectivity index (χ4n) is 2.08. The van der Waals surface area contributed by atoms with Crippen LogP contribution in [-0.2, 0) is 6.54 Å². The lowest BCUT2D eigenvalue weighted by Crippen LogP contribution is -2.30. The highest BCUT2D eigenvalue weighted by atomic mass is 16.3. The smallest absolute Gasteiger partial charge is 0.133 e. The van der Waals surface area contributed by atoms with Gasteiger partial charge < -0.3 is 10.4 Å². The van der Waals surface area contributed by atoms with Crippen LogP contribution >= 0.6 is 0 Å². The molecule has 82 valence electrons. The van der Waals surface area contributed by atoms with Gasteiger partial charge in [-0.15, -0.1) is 0 Å². The van der Waals surface area contributed by atoms with Gasteiger partial charge in [0.05, 0.1) is 11.9 Å². The zero-order chi connectivity index (χ0) is 10.5. The van der Waals surface area contributed by atoms with Crippen LogP contribution in [0.5, 0.6) is 5.75 Å². The molecule has 0 amide bonds. The Bertz CT molecular complexity index is 291. The maximum absolute atomic E-state index is 9.09. The lowest BCUT2D eigenvalue weighted by Gasteiger charge is -2.22. The average molecular weight is 206 g/mol. The van der Waals surface area contributed by atoms with Crippen molar-refractivity contribution in [2.24, 2.45) is 0 Å². The Morgan fingerprint density at radius 3 is 2.73 bits per heavy atom. The van der Waals surface area contributed by atoms with Crippen molar-refractivity contribution in [3.05, 3.63) is 24.0 Å². The molecule has 0 atom stereocenters. The molecule has 1 heterocycles. The number of hydrogen-bond donors (Lipinski definition) is 2. The van der Waals surface area contributed by atoms with Crippen molar-refractivity contribution < 1.29 is 5.11 Å². The van der Waals surface area contributed by atoms with E-state index in [1.807, 2.05) is 6.07 Å². The van der Waals surface area contributed by atoms with Gasteiger partial charge in [-0.25, -0.2) is 0 Å². The number of aromatic nitrogens is 1. The van der Waals surface area contributed by atoms with Gasteiger partial charge in [-0.3, -0.25) is 4.98 Å². The SMILES string of the molecule is Oc1ccc(CNC2CCCCC2)nc1. The van der Waals surface area contributed by atoms with Crippen LogP contribution < -0.4 is 5.32 Å². The van der Waals surface area contributed by atoms with Crippen LogP contribution in [0.2, 0.25) is 0 Å². The van der Waals surface area contributed by atoms with E-state index in [-0.39, 0.29) is 5.75 Å². The first-order valence-electron chi connectivity index (χ1n) is 5.72. The van der Waals surface area contributed by atoms with E-state index >= 15 is 0 Å². The third kappa shape index (κ3) is 3.20. The minimum atomic E-state index is 0.233. The van der Waals surface area contributed by atoms with E-state index in [9.17, 15) is 0 Å². The highest BCUT2D eigenvalue weighted by Gasteiger charge is 2.12. The maximum Gasteiger partial charge on any atom is 0.133 e. The van der Waals surface area contributed by atoms with Gasteiger partial charge in [-0.2, -0.15) is 0 Å². The Balaban J connectivity index is 1.79. The molecule has 3 heteroatoms. The van der Waals surface area contributed by atoms with Gasteiger partial charge in [0.25, 0.3) is 0 Å². The van der Waals surface area contributed by atoms with Crippen LogP contribution in [0.1, 0.15) is 37.8 Å². The van der Waals surface area contributed by atoms with Gasteiger partial charge in [0.2, 0.25) is 0 Å². The Kier molecular flexibility index (Phi) is 3.56. The number of aromatic hydroxyl groups is 1. The van der Waals surface area contributed by atoms with Gasteiger partial charge in [0.1, 0.15) is 5.75 Å². The molecular weight excluding hydrogens is 188 g/mol. The standard InChI is InChI=1S/C12H18N2O/c15-12-7-6-11(14-9-12)8-13-10-4-2-1-3-5-10/h6-7,9-10,13,15H,1-5,8H2. The largest absolute Gasteiger partial charge is 0.506 e. The third-order valence-electron chi connectivity index (χ3n) is 2.99. The second kappa shape index (κ2) is 5.12. The Morgan fingerprint density at radius 1 is 1.27 bits per heavy atom. The van der Waals surface area contributed by atoms with E-state index in [0.717, 1.165) is 12.2 Å². The van der Waals surface area contributed by atoms with Crippen molar-refractivity contribution in [3.8, 4) is 5.75 Å². The van der Waals surface area contributed by atoms with Crippen molar-refractivity contribution in [3.63, 3.8) is 0 Å². The normalized spacial score (nSPS) is 17.9. The van der Waals surface area contributed by atoms with Gasteiger partial charge in [0.15, 0.2) is 0 Å².